The molecule has 0 saturated heterocycles. The minimum Gasteiger partial charge on any atom is -0.369 e. The Kier molecular flexibility index (Phi) is 3.51. The van der Waals surface area contributed by atoms with E-state index < -0.39 is 0 Å². The largest absolute Gasteiger partial charge is 0.369 e. The number of carbonyl (C=O) groups is 1. The van der Waals surface area contributed by atoms with Gasteiger partial charge in [-0.05, 0) is 18.4 Å². The SMILES string of the molecule is CCOC1C(=O)CC1OCc1cccs1. The number of hydrogen-bond acceptors (Lipinski definition) is 4. The summed E-state index contributed by atoms with van der Waals surface area (Å²) >= 11 is 1.66. The standard InChI is InChI=1S/C11H14O3S/c1-2-13-11-9(12)6-10(11)14-7-8-4-3-5-15-8/h3-5,10-11H,2,6-7H2,1H3. The predicted octanol–water partition coefficient (Wildman–Crippen LogP) is 2.01. The fraction of sp³-hybridized carbons (Fsp3) is 0.545. The average Bonchev–Trinajstić information content (AvgIpc) is 2.73. The molecule has 0 N–H and O–H groups in total. The highest BCUT2D eigenvalue weighted by atomic mass is 32.1. The molecule has 0 aromatic carbocycles. The van der Waals surface area contributed by atoms with Crippen LogP contribution in [0, 0.1) is 0 Å². The van der Waals surface area contributed by atoms with Crippen molar-refractivity contribution < 1.29 is 14.3 Å². The van der Waals surface area contributed by atoms with Crippen molar-refractivity contribution >= 4 is 17.1 Å². The lowest BCUT2D eigenvalue weighted by molar-refractivity contribution is -0.166. The highest BCUT2D eigenvalue weighted by Gasteiger charge is 2.41. The molecule has 82 valence electrons. The molecule has 1 aromatic heterocycles. The molecule has 2 unspecified atom stereocenters. The van der Waals surface area contributed by atoms with Crippen molar-refractivity contribution in [3.05, 3.63) is 22.4 Å². The Morgan fingerprint density at radius 3 is 3.00 bits per heavy atom. The number of ether oxygens (including phenoxy) is 2. The van der Waals surface area contributed by atoms with Crippen LogP contribution < -0.4 is 0 Å². The van der Waals surface area contributed by atoms with Crippen LogP contribution in [0.1, 0.15) is 18.2 Å². The van der Waals surface area contributed by atoms with Gasteiger partial charge in [-0.25, -0.2) is 0 Å². The van der Waals surface area contributed by atoms with Crippen LogP contribution in [0.4, 0.5) is 0 Å². The van der Waals surface area contributed by atoms with Gasteiger partial charge in [-0.2, -0.15) is 0 Å². The van der Waals surface area contributed by atoms with Gasteiger partial charge < -0.3 is 9.47 Å². The van der Waals surface area contributed by atoms with Crippen molar-refractivity contribution in [3.8, 4) is 0 Å². The second-order valence-electron chi connectivity index (χ2n) is 3.48. The minimum atomic E-state index is -0.324. The first-order valence-corrected chi connectivity index (χ1v) is 5.97. The molecular formula is C11H14O3S. The second kappa shape index (κ2) is 4.88. The number of ketones is 1. The van der Waals surface area contributed by atoms with Gasteiger partial charge in [-0.1, -0.05) is 6.07 Å². The highest BCUT2D eigenvalue weighted by Crippen LogP contribution is 2.24. The highest BCUT2D eigenvalue weighted by molar-refractivity contribution is 7.09. The Hall–Kier alpha value is -0.710. The molecule has 0 bridgehead atoms. The summed E-state index contributed by atoms with van der Waals surface area (Å²) in [5, 5.41) is 2.02. The second-order valence-corrected chi connectivity index (χ2v) is 4.51. The van der Waals surface area contributed by atoms with E-state index in [1.165, 1.54) is 4.88 Å². The van der Waals surface area contributed by atoms with E-state index in [1.54, 1.807) is 11.3 Å². The monoisotopic (exact) mass is 226 g/mol. The maximum absolute atomic E-state index is 11.2. The molecule has 1 aromatic rings. The van der Waals surface area contributed by atoms with E-state index in [1.807, 2.05) is 24.4 Å². The number of thiophene rings is 1. The lowest BCUT2D eigenvalue weighted by Gasteiger charge is -2.33. The third-order valence-electron chi connectivity index (χ3n) is 2.42. The zero-order valence-corrected chi connectivity index (χ0v) is 9.46. The van der Waals surface area contributed by atoms with Crippen molar-refractivity contribution in [1.29, 1.82) is 0 Å². The summed E-state index contributed by atoms with van der Waals surface area (Å²) in [6, 6.07) is 4.02. The molecule has 0 amide bonds. The minimum absolute atomic E-state index is 0.0421. The van der Waals surface area contributed by atoms with Crippen molar-refractivity contribution in [1.82, 2.24) is 0 Å². The first kappa shape index (κ1) is 10.8. The Morgan fingerprint density at radius 1 is 1.53 bits per heavy atom. The van der Waals surface area contributed by atoms with E-state index in [-0.39, 0.29) is 18.0 Å². The van der Waals surface area contributed by atoms with E-state index in [0.717, 1.165) is 0 Å². The van der Waals surface area contributed by atoms with Crippen LogP contribution in [0.2, 0.25) is 0 Å². The number of rotatable bonds is 5. The van der Waals surface area contributed by atoms with Crippen LogP contribution in [-0.2, 0) is 20.9 Å². The van der Waals surface area contributed by atoms with Crippen molar-refractivity contribution in [2.24, 2.45) is 0 Å². The summed E-state index contributed by atoms with van der Waals surface area (Å²) in [4.78, 5) is 12.4. The summed E-state index contributed by atoms with van der Waals surface area (Å²) in [5.74, 6) is 0.160. The summed E-state index contributed by atoms with van der Waals surface area (Å²) in [5.41, 5.74) is 0. The van der Waals surface area contributed by atoms with Gasteiger partial charge in [0.25, 0.3) is 0 Å². The molecule has 0 radical (unpaired) electrons. The fourth-order valence-electron chi connectivity index (χ4n) is 1.58. The van der Waals surface area contributed by atoms with Crippen molar-refractivity contribution in [3.63, 3.8) is 0 Å². The molecule has 1 aliphatic carbocycles. The zero-order chi connectivity index (χ0) is 10.7. The first-order chi connectivity index (χ1) is 7.31. The lowest BCUT2D eigenvalue weighted by Crippen LogP contribution is -2.50. The molecule has 1 heterocycles. The van der Waals surface area contributed by atoms with E-state index >= 15 is 0 Å². The maximum atomic E-state index is 11.2. The maximum Gasteiger partial charge on any atom is 0.166 e. The number of hydrogen-bond donors (Lipinski definition) is 0. The molecule has 3 nitrogen and oxygen atoms in total. The van der Waals surface area contributed by atoms with Crippen LogP contribution in [0.25, 0.3) is 0 Å². The Labute approximate surface area is 93.0 Å². The lowest BCUT2D eigenvalue weighted by atomic mass is 9.90. The molecule has 1 saturated carbocycles. The average molecular weight is 226 g/mol. The van der Waals surface area contributed by atoms with Crippen LogP contribution in [0.5, 0.6) is 0 Å². The van der Waals surface area contributed by atoms with Gasteiger partial charge in [0, 0.05) is 17.9 Å². The molecule has 0 aliphatic heterocycles. The van der Waals surface area contributed by atoms with Crippen LogP contribution in [0.3, 0.4) is 0 Å². The zero-order valence-electron chi connectivity index (χ0n) is 8.64. The van der Waals surface area contributed by atoms with Crippen LogP contribution in [0.15, 0.2) is 17.5 Å². The van der Waals surface area contributed by atoms with Gasteiger partial charge in [-0.3, -0.25) is 4.79 Å². The van der Waals surface area contributed by atoms with Gasteiger partial charge in [0.2, 0.25) is 0 Å². The topological polar surface area (TPSA) is 35.5 Å². The van der Waals surface area contributed by atoms with E-state index in [9.17, 15) is 4.79 Å². The van der Waals surface area contributed by atoms with E-state index in [4.69, 9.17) is 9.47 Å². The quantitative estimate of drug-likeness (QED) is 0.770. The van der Waals surface area contributed by atoms with Crippen LogP contribution in [-0.4, -0.2) is 24.6 Å². The normalized spacial score (nSPS) is 25.3. The summed E-state index contributed by atoms with van der Waals surface area (Å²) in [6.45, 7) is 3.04. The van der Waals surface area contributed by atoms with Gasteiger partial charge >= 0.3 is 0 Å². The molecular weight excluding hydrogens is 212 g/mol. The third-order valence-corrected chi connectivity index (χ3v) is 3.27. The molecule has 1 aliphatic rings. The molecule has 1 fully saturated rings. The molecule has 4 heteroatoms. The molecule has 2 atom stereocenters. The van der Waals surface area contributed by atoms with Crippen molar-refractivity contribution in [2.75, 3.05) is 6.61 Å². The van der Waals surface area contributed by atoms with E-state index in [0.29, 0.717) is 19.6 Å². The molecule has 0 spiro atoms. The predicted molar refractivity (Wildman–Crippen MR) is 57.9 cm³/mol. The Bertz CT molecular complexity index is 321. The van der Waals surface area contributed by atoms with Gasteiger partial charge in [0.05, 0.1) is 12.7 Å². The number of Topliss-reactive ketones (excluding diaryl/α,β-unsaturated/α-hetero) is 1. The summed E-state index contributed by atoms with van der Waals surface area (Å²) in [7, 11) is 0. The van der Waals surface area contributed by atoms with Gasteiger partial charge in [-0.15, -0.1) is 11.3 Å². The van der Waals surface area contributed by atoms with E-state index in [2.05, 4.69) is 0 Å². The Balaban J connectivity index is 1.78. The fourth-order valence-corrected chi connectivity index (χ4v) is 2.20. The molecule has 15 heavy (non-hydrogen) atoms. The van der Waals surface area contributed by atoms with Crippen LogP contribution >= 0.6 is 11.3 Å². The van der Waals surface area contributed by atoms with Crippen molar-refractivity contribution in [2.45, 2.75) is 32.2 Å². The summed E-state index contributed by atoms with van der Waals surface area (Å²) < 4.78 is 10.9. The Morgan fingerprint density at radius 2 is 2.40 bits per heavy atom. The number of carbonyl (C=O) groups excluding carboxylic acids is 1. The smallest absolute Gasteiger partial charge is 0.166 e. The van der Waals surface area contributed by atoms with Gasteiger partial charge in [0.1, 0.15) is 6.10 Å². The molecule has 2 rings (SSSR count). The van der Waals surface area contributed by atoms with Gasteiger partial charge in [0.15, 0.2) is 5.78 Å². The third kappa shape index (κ3) is 2.45. The first-order valence-electron chi connectivity index (χ1n) is 5.09. The summed E-state index contributed by atoms with van der Waals surface area (Å²) in [6.07, 6.45) is 0.130.